The number of aliphatic hydroxyl groups is 1. The number of carbonyl (C=O) groups is 1. The second-order valence-electron chi connectivity index (χ2n) is 13.6. The highest BCUT2D eigenvalue weighted by molar-refractivity contribution is 6.74. The fraction of sp³-hybridized carbons (Fsp3) is 0.767. The van der Waals surface area contributed by atoms with Crippen molar-refractivity contribution in [1.29, 1.82) is 0 Å². The smallest absolute Gasteiger partial charge is 0.407 e. The molecular weight excluding hydrogens is 498 g/mol. The Balaban J connectivity index is 2.01. The lowest BCUT2D eigenvalue weighted by Crippen LogP contribution is -2.48. The van der Waals surface area contributed by atoms with Crippen molar-refractivity contribution in [3.05, 3.63) is 35.9 Å². The molecule has 1 saturated heterocycles. The van der Waals surface area contributed by atoms with Crippen molar-refractivity contribution in [1.82, 2.24) is 5.32 Å². The van der Waals surface area contributed by atoms with E-state index in [4.69, 9.17) is 18.6 Å². The summed E-state index contributed by atoms with van der Waals surface area (Å²) < 4.78 is 24.0. The molecule has 1 aliphatic heterocycles. The second-order valence-corrected chi connectivity index (χ2v) is 18.4. The highest BCUT2D eigenvalue weighted by atomic mass is 28.4. The number of hydrogen-bond acceptors (Lipinski definition) is 6. The van der Waals surface area contributed by atoms with E-state index in [9.17, 15) is 9.90 Å². The fourth-order valence-electron chi connectivity index (χ4n) is 4.34. The first-order chi connectivity index (χ1) is 17.4. The topological polar surface area (TPSA) is 86.3 Å². The van der Waals surface area contributed by atoms with E-state index < -0.39 is 37.9 Å². The SMILES string of the molecule is CC(C)(C)OC(=O)N[C@H](C[C@H](O)CCC[C@H](Cc1ccccc1)O[Si](C)(C)C(C)(C)C)[C@H]1COC(C)(C)O1. The zero-order chi connectivity index (χ0) is 28.8. The van der Waals surface area contributed by atoms with Gasteiger partial charge in [0.25, 0.3) is 0 Å². The summed E-state index contributed by atoms with van der Waals surface area (Å²) in [4.78, 5) is 12.5. The van der Waals surface area contributed by atoms with Crippen LogP contribution >= 0.6 is 0 Å². The van der Waals surface area contributed by atoms with Crippen LogP contribution in [0.3, 0.4) is 0 Å². The first-order valence-electron chi connectivity index (χ1n) is 14.1. The van der Waals surface area contributed by atoms with Gasteiger partial charge in [0, 0.05) is 6.10 Å². The number of nitrogens with one attached hydrogen (secondary N) is 1. The third kappa shape index (κ3) is 11.3. The Morgan fingerprint density at radius 3 is 2.29 bits per heavy atom. The summed E-state index contributed by atoms with van der Waals surface area (Å²) >= 11 is 0. The van der Waals surface area contributed by atoms with E-state index in [1.165, 1.54) is 5.56 Å². The van der Waals surface area contributed by atoms with Crippen LogP contribution in [0.25, 0.3) is 0 Å². The summed E-state index contributed by atoms with van der Waals surface area (Å²) in [7, 11) is -1.95. The molecule has 0 unspecified atom stereocenters. The first kappa shape index (κ1) is 32.8. The standard InChI is InChI=1S/C30H53NO6Si/c1-28(2,3)36-27(33)31-25(26-21-34-30(7,8)35-26)20-23(32)17-14-18-24(19-22-15-12-11-13-16-22)37-38(9,10)29(4,5)6/h11-13,15-16,23-26,32H,14,17-21H2,1-10H3,(H,31,33)/t23-,24-,25-,26-/m1/s1. The maximum Gasteiger partial charge on any atom is 0.407 e. The van der Waals surface area contributed by atoms with Gasteiger partial charge in [0.05, 0.1) is 18.8 Å². The Labute approximate surface area is 232 Å². The average Bonchev–Trinajstić information content (AvgIpc) is 3.11. The molecule has 2 N–H and O–H groups in total. The van der Waals surface area contributed by atoms with Gasteiger partial charge in [0.1, 0.15) is 11.7 Å². The first-order valence-corrected chi connectivity index (χ1v) is 17.0. The van der Waals surface area contributed by atoms with Crippen LogP contribution < -0.4 is 5.32 Å². The van der Waals surface area contributed by atoms with Gasteiger partial charge in [-0.3, -0.25) is 0 Å². The second kappa shape index (κ2) is 13.3. The van der Waals surface area contributed by atoms with Gasteiger partial charge < -0.3 is 29.1 Å². The molecule has 0 bridgehead atoms. The maximum atomic E-state index is 12.5. The van der Waals surface area contributed by atoms with Gasteiger partial charge in [-0.1, -0.05) is 51.1 Å². The van der Waals surface area contributed by atoms with Crippen LogP contribution in [0.15, 0.2) is 30.3 Å². The summed E-state index contributed by atoms with van der Waals surface area (Å²) in [5.41, 5.74) is 0.650. The van der Waals surface area contributed by atoms with E-state index in [-0.39, 0.29) is 17.2 Å². The summed E-state index contributed by atoms with van der Waals surface area (Å²) in [6, 6.07) is 10.0. The quantitative estimate of drug-likeness (QED) is 0.285. The van der Waals surface area contributed by atoms with Gasteiger partial charge in [0.2, 0.25) is 0 Å². The Morgan fingerprint density at radius 2 is 1.76 bits per heavy atom. The minimum absolute atomic E-state index is 0.0912. The van der Waals surface area contributed by atoms with E-state index >= 15 is 0 Å². The Morgan fingerprint density at radius 1 is 1.13 bits per heavy atom. The van der Waals surface area contributed by atoms with Crippen LogP contribution in [0.1, 0.15) is 86.6 Å². The molecule has 1 heterocycles. The number of alkyl carbamates (subject to hydrolysis) is 1. The maximum absolute atomic E-state index is 12.5. The van der Waals surface area contributed by atoms with Crippen molar-refractivity contribution < 1.29 is 28.5 Å². The molecule has 1 aromatic rings. The highest BCUT2D eigenvalue weighted by Crippen LogP contribution is 2.38. The molecule has 0 saturated carbocycles. The lowest BCUT2D eigenvalue weighted by Gasteiger charge is -2.39. The Hall–Kier alpha value is -1.45. The van der Waals surface area contributed by atoms with Crippen molar-refractivity contribution in [3.8, 4) is 0 Å². The van der Waals surface area contributed by atoms with Crippen molar-refractivity contribution in [2.75, 3.05) is 6.61 Å². The fourth-order valence-corrected chi connectivity index (χ4v) is 5.73. The lowest BCUT2D eigenvalue weighted by atomic mass is 9.98. The van der Waals surface area contributed by atoms with E-state index in [2.05, 4.69) is 63.4 Å². The van der Waals surface area contributed by atoms with E-state index in [0.29, 0.717) is 19.4 Å². The van der Waals surface area contributed by atoms with Gasteiger partial charge in [0.15, 0.2) is 14.1 Å². The molecule has 0 radical (unpaired) electrons. The number of hydrogen-bond donors (Lipinski definition) is 2. The number of benzene rings is 1. The molecule has 1 aromatic carbocycles. The molecule has 8 heteroatoms. The van der Waals surface area contributed by atoms with Gasteiger partial charge in [-0.2, -0.15) is 0 Å². The number of amides is 1. The largest absolute Gasteiger partial charge is 0.444 e. The normalized spacial score (nSPS) is 20.6. The molecular formula is C30H53NO6Si. The van der Waals surface area contributed by atoms with Crippen molar-refractivity contribution in [3.63, 3.8) is 0 Å². The molecule has 2 rings (SSSR count). The van der Waals surface area contributed by atoms with Gasteiger partial charge in [-0.25, -0.2) is 4.79 Å². The Kier molecular flexibility index (Phi) is 11.4. The lowest BCUT2D eigenvalue weighted by molar-refractivity contribution is -0.142. The number of rotatable bonds is 12. The zero-order valence-corrected chi connectivity index (χ0v) is 26.4. The van der Waals surface area contributed by atoms with Crippen LogP contribution in [0.4, 0.5) is 4.79 Å². The summed E-state index contributed by atoms with van der Waals surface area (Å²) in [5, 5.41) is 14.0. The predicted octanol–water partition coefficient (Wildman–Crippen LogP) is 6.59. The van der Waals surface area contributed by atoms with Crippen molar-refractivity contribution in [2.45, 2.75) is 141 Å². The summed E-state index contributed by atoms with van der Waals surface area (Å²) in [5.74, 6) is -0.727. The van der Waals surface area contributed by atoms with E-state index in [0.717, 1.165) is 19.3 Å². The third-order valence-electron chi connectivity index (χ3n) is 7.34. The molecule has 0 aliphatic carbocycles. The molecule has 7 nitrogen and oxygen atoms in total. The Bertz CT molecular complexity index is 862. The summed E-state index contributed by atoms with van der Waals surface area (Å²) in [6.07, 6.45) is 2.10. The minimum atomic E-state index is -1.95. The van der Waals surface area contributed by atoms with Crippen LogP contribution in [0.2, 0.25) is 18.1 Å². The summed E-state index contributed by atoms with van der Waals surface area (Å²) in [6.45, 7) is 20.9. The van der Waals surface area contributed by atoms with E-state index in [1.54, 1.807) is 0 Å². The molecule has 4 atom stereocenters. The predicted molar refractivity (Wildman–Crippen MR) is 155 cm³/mol. The number of ether oxygens (including phenoxy) is 3. The zero-order valence-electron chi connectivity index (χ0n) is 25.4. The minimum Gasteiger partial charge on any atom is -0.444 e. The molecule has 0 spiro atoms. The molecule has 38 heavy (non-hydrogen) atoms. The molecule has 1 fully saturated rings. The molecule has 1 aliphatic rings. The van der Waals surface area contributed by atoms with Crippen LogP contribution in [-0.4, -0.2) is 61.9 Å². The molecule has 0 aromatic heterocycles. The van der Waals surface area contributed by atoms with Crippen molar-refractivity contribution >= 4 is 14.4 Å². The van der Waals surface area contributed by atoms with E-state index in [1.807, 2.05) is 40.7 Å². The van der Waals surface area contributed by atoms with Crippen LogP contribution in [0, 0.1) is 0 Å². The van der Waals surface area contributed by atoms with Crippen LogP contribution in [0.5, 0.6) is 0 Å². The monoisotopic (exact) mass is 551 g/mol. The van der Waals surface area contributed by atoms with Crippen LogP contribution in [-0.2, 0) is 25.1 Å². The molecule has 218 valence electrons. The molecule has 1 amide bonds. The highest BCUT2D eigenvalue weighted by Gasteiger charge is 2.40. The van der Waals surface area contributed by atoms with Gasteiger partial charge in [-0.15, -0.1) is 0 Å². The number of carbonyl (C=O) groups excluding carboxylic acids is 1. The van der Waals surface area contributed by atoms with Gasteiger partial charge in [-0.05, 0) is 90.4 Å². The van der Waals surface area contributed by atoms with Gasteiger partial charge >= 0.3 is 6.09 Å². The third-order valence-corrected chi connectivity index (χ3v) is 11.9. The number of aliphatic hydroxyl groups excluding tert-OH is 1. The average molecular weight is 552 g/mol. The van der Waals surface area contributed by atoms with Crippen molar-refractivity contribution in [2.24, 2.45) is 0 Å².